The van der Waals surface area contributed by atoms with E-state index >= 15 is 0 Å². The van der Waals surface area contributed by atoms with E-state index in [0.717, 1.165) is 5.56 Å². The highest BCUT2D eigenvalue weighted by Gasteiger charge is 2.19. The van der Waals surface area contributed by atoms with Crippen molar-refractivity contribution in [1.82, 2.24) is 5.32 Å². The molecular formula is C12H20N2O2S. The number of nitrogens with one attached hydrogen (secondary N) is 1. The van der Waals surface area contributed by atoms with Gasteiger partial charge in [-0.05, 0) is 32.4 Å². The van der Waals surface area contributed by atoms with Crippen LogP contribution in [-0.4, -0.2) is 25.7 Å². The van der Waals surface area contributed by atoms with Gasteiger partial charge >= 0.3 is 0 Å². The highest BCUT2D eigenvalue weighted by molar-refractivity contribution is 7.12. The average Bonchev–Trinajstić information content (AvgIpc) is 2.59. The quantitative estimate of drug-likeness (QED) is 0.839. The van der Waals surface area contributed by atoms with Gasteiger partial charge in [-0.25, -0.2) is 0 Å². The van der Waals surface area contributed by atoms with E-state index in [4.69, 9.17) is 10.5 Å². The SMILES string of the molecule is COC(CN)C(=O)NC(C)c1cc(C)sc1C. The lowest BCUT2D eigenvalue weighted by molar-refractivity contribution is -0.131. The minimum absolute atomic E-state index is 0.0170. The van der Waals surface area contributed by atoms with E-state index in [1.54, 1.807) is 11.3 Å². The predicted octanol–water partition coefficient (Wildman–Crippen LogP) is 1.52. The van der Waals surface area contributed by atoms with Crippen LogP contribution in [0.3, 0.4) is 0 Å². The molecule has 17 heavy (non-hydrogen) atoms. The fourth-order valence-electron chi connectivity index (χ4n) is 1.77. The monoisotopic (exact) mass is 256 g/mol. The van der Waals surface area contributed by atoms with Crippen LogP contribution in [0.1, 0.15) is 28.3 Å². The minimum Gasteiger partial charge on any atom is -0.370 e. The molecule has 0 saturated heterocycles. The largest absolute Gasteiger partial charge is 0.370 e. The molecule has 5 heteroatoms. The normalized spacial score (nSPS) is 14.4. The van der Waals surface area contributed by atoms with Crippen molar-refractivity contribution in [1.29, 1.82) is 0 Å². The highest BCUT2D eigenvalue weighted by Crippen LogP contribution is 2.26. The summed E-state index contributed by atoms with van der Waals surface area (Å²) >= 11 is 1.74. The van der Waals surface area contributed by atoms with Gasteiger partial charge in [-0.3, -0.25) is 4.79 Å². The van der Waals surface area contributed by atoms with Gasteiger partial charge in [0.05, 0.1) is 6.04 Å². The van der Waals surface area contributed by atoms with Crippen molar-refractivity contribution in [3.8, 4) is 0 Å². The van der Waals surface area contributed by atoms with Crippen molar-refractivity contribution in [2.24, 2.45) is 5.73 Å². The molecule has 0 radical (unpaired) electrons. The second-order valence-electron chi connectivity index (χ2n) is 4.06. The fraction of sp³-hybridized carbons (Fsp3) is 0.583. The molecule has 0 bridgehead atoms. The topological polar surface area (TPSA) is 64.3 Å². The third-order valence-corrected chi connectivity index (χ3v) is 3.68. The van der Waals surface area contributed by atoms with Crippen LogP contribution in [0.5, 0.6) is 0 Å². The second-order valence-corrected chi connectivity index (χ2v) is 5.52. The Morgan fingerprint density at radius 1 is 1.59 bits per heavy atom. The molecule has 96 valence electrons. The molecule has 0 aliphatic heterocycles. The number of nitrogens with two attached hydrogens (primary N) is 1. The van der Waals surface area contributed by atoms with Gasteiger partial charge in [0, 0.05) is 23.4 Å². The summed E-state index contributed by atoms with van der Waals surface area (Å²) in [6, 6.07) is 2.09. The Labute approximate surface area is 106 Å². The summed E-state index contributed by atoms with van der Waals surface area (Å²) in [5, 5.41) is 2.92. The molecule has 0 saturated carbocycles. The lowest BCUT2D eigenvalue weighted by atomic mass is 10.1. The van der Waals surface area contributed by atoms with Crippen molar-refractivity contribution >= 4 is 17.2 Å². The third-order valence-electron chi connectivity index (χ3n) is 2.70. The van der Waals surface area contributed by atoms with Crippen LogP contribution in [0, 0.1) is 13.8 Å². The zero-order chi connectivity index (χ0) is 13.0. The molecule has 1 heterocycles. The summed E-state index contributed by atoms with van der Waals surface area (Å²) in [4.78, 5) is 14.3. The Bertz CT molecular complexity index is 386. The molecular weight excluding hydrogens is 236 g/mol. The van der Waals surface area contributed by atoms with Gasteiger partial charge < -0.3 is 15.8 Å². The van der Waals surface area contributed by atoms with Crippen LogP contribution >= 0.6 is 11.3 Å². The molecule has 1 rings (SSSR count). The number of carbonyl (C=O) groups excluding carboxylic acids is 1. The zero-order valence-corrected chi connectivity index (χ0v) is 11.6. The Morgan fingerprint density at radius 3 is 2.65 bits per heavy atom. The van der Waals surface area contributed by atoms with Crippen LogP contribution in [0.4, 0.5) is 0 Å². The number of carbonyl (C=O) groups is 1. The average molecular weight is 256 g/mol. The molecule has 2 atom stereocenters. The molecule has 0 spiro atoms. The van der Waals surface area contributed by atoms with Crippen LogP contribution < -0.4 is 11.1 Å². The zero-order valence-electron chi connectivity index (χ0n) is 10.7. The summed E-state index contributed by atoms with van der Waals surface area (Å²) in [5.41, 5.74) is 6.61. The Balaban J connectivity index is 2.69. The molecule has 0 fully saturated rings. The maximum Gasteiger partial charge on any atom is 0.250 e. The molecule has 4 nitrogen and oxygen atoms in total. The summed E-state index contributed by atoms with van der Waals surface area (Å²) in [6.07, 6.45) is -0.572. The number of ether oxygens (including phenoxy) is 1. The number of rotatable bonds is 5. The van der Waals surface area contributed by atoms with Gasteiger partial charge in [0.1, 0.15) is 6.10 Å². The molecule has 2 unspecified atom stereocenters. The standard InChI is InChI=1S/C12H20N2O2S/c1-7-5-10(9(3)17-7)8(2)14-12(15)11(6-13)16-4/h5,8,11H,6,13H2,1-4H3,(H,14,15). The maximum absolute atomic E-state index is 11.8. The molecule has 1 aromatic rings. The molecule has 0 aliphatic rings. The smallest absolute Gasteiger partial charge is 0.250 e. The molecule has 1 aromatic heterocycles. The van der Waals surface area contributed by atoms with Crippen LogP contribution in [0.2, 0.25) is 0 Å². The fourth-order valence-corrected chi connectivity index (χ4v) is 2.80. The summed E-state index contributed by atoms with van der Waals surface area (Å²) < 4.78 is 5.00. The number of thiophene rings is 1. The molecule has 1 amide bonds. The van der Waals surface area contributed by atoms with E-state index in [2.05, 4.69) is 25.2 Å². The van der Waals surface area contributed by atoms with Gasteiger partial charge in [-0.1, -0.05) is 0 Å². The highest BCUT2D eigenvalue weighted by atomic mass is 32.1. The van der Waals surface area contributed by atoms with Crippen molar-refractivity contribution in [2.45, 2.75) is 32.9 Å². The number of aryl methyl sites for hydroxylation is 2. The van der Waals surface area contributed by atoms with Crippen molar-refractivity contribution in [3.05, 3.63) is 21.4 Å². The number of hydrogen-bond donors (Lipinski definition) is 2. The molecule has 0 aromatic carbocycles. The number of hydrogen-bond acceptors (Lipinski definition) is 4. The van der Waals surface area contributed by atoms with E-state index in [1.807, 2.05) is 6.92 Å². The van der Waals surface area contributed by atoms with Crippen molar-refractivity contribution < 1.29 is 9.53 Å². The van der Waals surface area contributed by atoms with Gasteiger partial charge in [0.2, 0.25) is 0 Å². The molecule has 3 N–H and O–H groups in total. The van der Waals surface area contributed by atoms with Gasteiger partial charge in [-0.15, -0.1) is 11.3 Å². The van der Waals surface area contributed by atoms with Gasteiger partial charge in [0.25, 0.3) is 5.91 Å². The lowest BCUT2D eigenvalue weighted by Gasteiger charge is -2.18. The van der Waals surface area contributed by atoms with E-state index < -0.39 is 6.10 Å². The second kappa shape index (κ2) is 6.14. The summed E-state index contributed by atoms with van der Waals surface area (Å²) in [6.45, 7) is 6.28. The van der Waals surface area contributed by atoms with Crippen LogP contribution in [-0.2, 0) is 9.53 Å². The Morgan fingerprint density at radius 2 is 2.24 bits per heavy atom. The van der Waals surface area contributed by atoms with Gasteiger partial charge in [-0.2, -0.15) is 0 Å². The summed E-state index contributed by atoms with van der Waals surface area (Å²) in [5.74, 6) is -0.161. The van der Waals surface area contributed by atoms with E-state index in [1.165, 1.54) is 16.9 Å². The summed E-state index contributed by atoms with van der Waals surface area (Å²) in [7, 11) is 1.49. The first-order valence-corrected chi connectivity index (χ1v) is 6.41. The minimum atomic E-state index is -0.572. The van der Waals surface area contributed by atoms with Crippen LogP contribution in [0.25, 0.3) is 0 Å². The van der Waals surface area contributed by atoms with Crippen LogP contribution in [0.15, 0.2) is 6.07 Å². The van der Waals surface area contributed by atoms with E-state index in [-0.39, 0.29) is 18.5 Å². The molecule has 0 aliphatic carbocycles. The third kappa shape index (κ3) is 3.52. The van der Waals surface area contributed by atoms with E-state index in [0.29, 0.717) is 0 Å². The van der Waals surface area contributed by atoms with E-state index in [9.17, 15) is 4.79 Å². The Hall–Kier alpha value is -0.910. The number of methoxy groups -OCH3 is 1. The van der Waals surface area contributed by atoms with Crippen molar-refractivity contribution in [2.75, 3.05) is 13.7 Å². The Kier molecular flexibility index (Phi) is 5.11. The first kappa shape index (κ1) is 14.2. The number of amides is 1. The van der Waals surface area contributed by atoms with Gasteiger partial charge in [0.15, 0.2) is 0 Å². The lowest BCUT2D eigenvalue weighted by Crippen LogP contribution is -2.41. The predicted molar refractivity (Wildman–Crippen MR) is 70.2 cm³/mol. The maximum atomic E-state index is 11.8. The van der Waals surface area contributed by atoms with Crippen molar-refractivity contribution in [3.63, 3.8) is 0 Å². The first-order chi connectivity index (χ1) is 7.99. The first-order valence-electron chi connectivity index (χ1n) is 5.59.